The van der Waals surface area contributed by atoms with Gasteiger partial charge in [0.2, 0.25) is 0 Å². The van der Waals surface area contributed by atoms with Crippen molar-refractivity contribution in [3.05, 3.63) is 24.0 Å². The molecule has 1 aromatic rings. The first-order valence-corrected chi connectivity index (χ1v) is 6.39. The zero-order chi connectivity index (χ0) is 12.0. The minimum atomic E-state index is 0.108. The van der Waals surface area contributed by atoms with Crippen LogP contribution in [0.1, 0.15) is 24.2 Å². The number of carbonyl (C=O) groups is 1. The number of nitrogens with zero attached hydrogens (tertiary/aromatic N) is 1. The Morgan fingerprint density at radius 3 is 2.88 bits per heavy atom. The Hall–Kier alpha value is -1.03. The maximum Gasteiger partial charge on any atom is 0.174 e. The molecular formula is C12H17NO2S. The molecule has 0 aliphatic rings. The Bertz CT molecular complexity index is 353. The Morgan fingerprint density at radius 2 is 2.25 bits per heavy atom. The number of hydrogen-bond donors (Lipinski definition) is 0. The predicted molar refractivity (Wildman–Crippen MR) is 67.3 cm³/mol. The summed E-state index contributed by atoms with van der Waals surface area (Å²) in [5.41, 5.74) is 0.621. The number of ether oxygens (including phenoxy) is 1. The minimum absolute atomic E-state index is 0.108. The Balaban J connectivity index is 2.52. The van der Waals surface area contributed by atoms with E-state index in [1.165, 1.54) is 0 Å². The second-order valence-corrected chi connectivity index (χ2v) is 4.98. The highest BCUT2D eigenvalue weighted by molar-refractivity contribution is 7.99. The summed E-state index contributed by atoms with van der Waals surface area (Å²) in [7, 11) is 1.57. The molecule has 16 heavy (non-hydrogen) atoms. The van der Waals surface area contributed by atoms with E-state index in [1.54, 1.807) is 37.3 Å². The molecule has 0 bridgehead atoms. The van der Waals surface area contributed by atoms with Gasteiger partial charge in [0.05, 0.1) is 19.1 Å². The van der Waals surface area contributed by atoms with Crippen LogP contribution in [0.5, 0.6) is 5.75 Å². The third kappa shape index (κ3) is 4.23. The third-order valence-electron chi connectivity index (χ3n) is 1.96. The molecule has 1 heterocycles. The Labute approximate surface area is 101 Å². The van der Waals surface area contributed by atoms with E-state index in [1.807, 2.05) is 0 Å². The van der Waals surface area contributed by atoms with Crippen molar-refractivity contribution in [2.75, 3.05) is 18.6 Å². The molecule has 88 valence electrons. The Morgan fingerprint density at radius 1 is 1.50 bits per heavy atom. The molecule has 0 atom stereocenters. The lowest BCUT2D eigenvalue weighted by molar-refractivity contribution is 0.102. The van der Waals surface area contributed by atoms with Gasteiger partial charge in [-0.25, -0.2) is 0 Å². The zero-order valence-electron chi connectivity index (χ0n) is 9.90. The van der Waals surface area contributed by atoms with Crippen LogP contribution < -0.4 is 4.74 Å². The van der Waals surface area contributed by atoms with Crippen LogP contribution in [0.15, 0.2) is 18.5 Å². The van der Waals surface area contributed by atoms with Gasteiger partial charge in [-0.15, -0.1) is 0 Å². The lowest BCUT2D eigenvalue weighted by Crippen LogP contribution is -2.05. The van der Waals surface area contributed by atoms with E-state index >= 15 is 0 Å². The molecule has 0 N–H and O–H groups in total. The van der Waals surface area contributed by atoms with Gasteiger partial charge in [0.1, 0.15) is 5.75 Å². The SMILES string of the molecule is COc1cncc(C(=O)CSCC(C)C)c1. The van der Waals surface area contributed by atoms with E-state index in [0.29, 0.717) is 23.0 Å². The third-order valence-corrected chi connectivity index (χ3v) is 3.32. The zero-order valence-corrected chi connectivity index (χ0v) is 10.7. The van der Waals surface area contributed by atoms with Crippen molar-refractivity contribution in [1.29, 1.82) is 0 Å². The van der Waals surface area contributed by atoms with Crippen LogP contribution in [-0.2, 0) is 0 Å². The highest BCUT2D eigenvalue weighted by Gasteiger charge is 2.08. The van der Waals surface area contributed by atoms with E-state index in [4.69, 9.17) is 4.74 Å². The van der Waals surface area contributed by atoms with Crippen molar-refractivity contribution in [3.8, 4) is 5.75 Å². The number of thioether (sulfide) groups is 1. The fourth-order valence-corrected chi connectivity index (χ4v) is 2.09. The minimum Gasteiger partial charge on any atom is -0.495 e. The summed E-state index contributed by atoms with van der Waals surface area (Å²) in [5, 5.41) is 0. The highest BCUT2D eigenvalue weighted by Crippen LogP contribution is 2.14. The van der Waals surface area contributed by atoms with Crippen LogP contribution in [0.2, 0.25) is 0 Å². The summed E-state index contributed by atoms with van der Waals surface area (Å²) >= 11 is 1.66. The fourth-order valence-electron chi connectivity index (χ4n) is 1.15. The molecule has 3 nitrogen and oxygen atoms in total. The molecule has 0 spiro atoms. The molecule has 0 saturated heterocycles. The topological polar surface area (TPSA) is 39.2 Å². The quantitative estimate of drug-likeness (QED) is 0.715. The summed E-state index contributed by atoms with van der Waals surface area (Å²) in [6.45, 7) is 4.29. The van der Waals surface area contributed by atoms with E-state index in [0.717, 1.165) is 5.75 Å². The molecule has 0 aliphatic heterocycles. The lowest BCUT2D eigenvalue weighted by Gasteiger charge is -2.05. The van der Waals surface area contributed by atoms with Crippen LogP contribution in [0.25, 0.3) is 0 Å². The maximum atomic E-state index is 11.8. The van der Waals surface area contributed by atoms with E-state index < -0.39 is 0 Å². The summed E-state index contributed by atoms with van der Waals surface area (Å²) < 4.78 is 5.03. The standard InChI is InChI=1S/C12H17NO2S/c1-9(2)7-16-8-12(14)10-4-11(15-3)6-13-5-10/h4-6,9H,7-8H2,1-3H3. The van der Waals surface area contributed by atoms with Gasteiger partial charge in [0, 0.05) is 11.8 Å². The molecular weight excluding hydrogens is 222 g/mol. The van der Waals surface area contributed by atoms with E-state index in [2.05, 4.69) is 18.8 Å². The van der Waals surface area contributed by atoms with Crippen molar-refractivity contribution < 1.29 is 9.53 Å². The molecule has 0 amide bonds. The summed E-state index contributed by atoms with van der Waals surface area (Å²) in [6, 6.07) is 1.73. The van der Waals surface area contributed by atoms with Gasteiger partial charge in [-0.05, 0) is 17.7 Å². The number of carbonyl (C=O) groups excluding carboxylic acids is 1. The van der Waals surface area contributed by atoms with Crippen molar-refractivity contribution >= 4 is 17.5 Å². The van der Waals surface area contributed by atoms with Crippen LogP contribution in [0.3, 0.4) is 0 Å². The van der Waals surface area contributed by atoms with Crippen LogP contribution in [-0.4, -0.2) is 29.4 Å². The van der Waals surface area contributed by atoms with Gasteiger partial charge in [0.25, 0.3) is 0 Å². The summed E-state index contributed by atoms with van der Waals surface area (Å²) in [6.07, 6.45) is 3.18. The first kappa shape index (κ1) is 13.0. The van der Waals surface area contributed by atoms with E-state index in [9.17, 15) is 4.79 Å². The van der Waals surface area contributed by atoms with Crippen molar-refractivity contribution in [3.63, 3.8) is 0 Å². The number of methoxy groups -OCH3 is 1. The molecule has 1 rings (SSSR count). The van der Waals surface area contributed by atoms with Gasteiger partial charge in [0.15, 0.2) is 5.78 Å². The molecule has 0 aliphatic carbocycles. The van der Waals surface area contributed by atoms with E-state index in [-0.39, 0.29) is 5.78 Å². The molecule has 0 fully saturated rings. The molecule has 0 saturated carbocycles. The molecule has 0 radical (unpaired) electrons. The van der Waals surface area contributed by atoms with Crippen molar-refractivity contribution in [1.82, 2.24) is 4.98 Å². The largest absolute Gasteiger partial charge is 0.495 e. The average molecular weight is 239 g/mol. The molecule has 0 aromatic carbocycles. The molecule has 0 unspecified atom stereocenters. The van der Waals surface area contributed by atoms with Gasteiger partial charge in [-0.1, -0.05) is 13.8 Å². The number of rotatable bonds is 6. The average Bonchev–Trinajstić information content (AvgIpc) is 2.28. The first-order chi connectivity index (χ1) is 7.63. The molecule has 1 aromatic heterocycles. The normalized spacial score (nSPS) is 10.5. The monoisotopic (exact) mass is 239 g/mol. The predicted octanol–water partition coefficient (Wildman–Crippen LogP) is 2.66. The van der Waals surface area contributed by atoms with Crippen LogP contribution >= 0.6 is 11.8 Å². The number of pyridine rings is 1. The van der Waals surface area contributed by atoms with Gasteiger partial charge < -0.3 is 4.74 Å². The number of aromatic nitrogens is 1. The second-order valence-electron chi connectivity index (χ2n) is 3.95. The maximum absolute atomic E-state index is 11.8. The van der Waals surface area contributed by atoms with Gasteiger partial charge in [-0.2, -0.15) is 11.8 Å². The second kappa shape index (κ2) is 6.53. The van der Waals surface area contributed by atoms with Crippen LogP contribution in [0.4, 0.5) is 0 Å². The first-order valence-electron chi connectivity index (χ1n) is 5.23. The van der Waals surface area contributed by atoms with Crippen LogP contribution in [0, 0.1) is 5.92 Å². The number of hydrogen-bond acceptors (Lipinski definition) is 4. The lowest BCUT2D eigenvalue weighted by atomic mass is 10.2. The summed E-state index contributed by atoms with van der Waals surface area (Å²) in [4.78, 5) is 15.7. The van der Waals surface area contributed by atoms with Gasteiger partial charge >= 0.3 is 0 Å². The van der Waals surface area contributed by atoms with Crippen molar-refractivity contribution in [2.24, 2.45) is 5.92 Å². The number of Topliss-reactive ketones (excluding diaryl/α,β-unsaturated/α-hetero) is 1. The van der Waals surface area contributed by atoms with Crippen molar-refractivity contribution in [2.45, 2.75) is 13.8 Å². The number of ketones is 1. The Kier molecular flexibility index (Phi) is 5.32. The smallest absolute Gasteiger partial charge is 0.174 e. The summed E-state index contributed by atoms with van der Waals surface area (Å²) in [5.74, 6) is 2.86. The highest BCUT2D eigenvalue weighted by atomic mass is 32.2. The van der Waals surface area contributed by atoms with Gasteiger partial charge in [-0.3, -0.25) is 9.78 Å². The fraction of sp³-hybridized carbons (Fsp3) is 0.500. The molecule has 4 heteroatoms.